The summed E-state index contributed by atoms with van der Waals surface area (Å²) in [6, 6.07) is 0.111. The van der Waals surface area contributed by atoms with Crippen LogP contribution in [0.5, 0.6) is 0 Å². The summed E-state index contributed by atoms with van der Waals surface area (Å²) >= 11 is 2.21. The molecule has 0 aromatic carbocycles. The van der Waals surface area contributed by atoms with Gasteiger partial charge in [0.2, 0.25) is 0 Å². The molecule has 0 aromatic rings. The molecule has 0 saturated carbocycles. The van der Waals surface area contributed by atoms with Crippen LogP contribution in [0.15, 0.2) is 77.2 Å². The van der Waals surface area contributed by atoms with E-state index in [1.54, 1.807) is 18.2 Å². The van der Waals surface area contributed by atoms with Gasteiger partial charge in [-0.2, -0.15) is 0 Å². The summed E-state index contributed by atoms with van der Waals surface area (Å²) in [6.07, 6.45) is 13.8. The number of nitrogens with zero attached hydrogens (tertiary/aromatic N) is 1. The molecule has 3 nitrogen and oxygen atoms in total. The average molecular weight is 397 g/mol. The van der Waals surface area contributed by atoms with Gasteiger partial charge in [-0.15, -0.1) is 6.58 Å². The molecule has 4 heteroatoms. The Labute approximate surface area is 142 Å². The Bertz CT molecular complexity index is 414. The Hall–Kier alpha value is -1.56. The van der Waals surface area contributed by atoms with Crippen LogP contribution in [0.2, 0.25) is 0 Å². The molecule has 0 aliphatic carbocycles. The first-order valence-corrected chi connectivity index (χ1v) is 7.93. The standard InChI is InChI=1S/C17H24IN3/c1-5-8-10-15(14-18)20-13-11-17(16(7-3)19-4)21-12-9-6-2/h5-10,12,14,16-17,20-21H,1-4,11,13H2/b10-8-,12-9+,15-14-. The van der Waals surface area contributed by atoms with Crippen molar-refractivity contribution in [1.82, 2.24) is 10.6 Å². The molecule has 0 fully saturated rings. The van der Waals surface area contributed by atoms with Crippen molar-refractivity contribution in [2.75, 3.05) is 6.54 Å². The molecule has 0 radical (unpaired) electrons. The van der Waals surface area contributed by atoms with Gasteiger partial charge in [-0.25, -0.2) is 0 Å². The predicted molar refractivity (Wildman–Crippen MR) is 104 cm³/mol. The van der Waals surface area contributed by atoms with Gasteiger partial charge in [0, 0.05) is 12.2 Å². The third kappa shape index (κ3) is 9.07. The summed E-state index contributed by atoms with van der Waals surface area (Å²) in [5, 5.41) is 6.67. The van der Waals surface area contributed by atoms with Gasteiger partial charge in [0.15, 0.2) is 0 Å². The van der Waals surface area contributed by atoms with Crippen molar-refractivity contribution in [1.29, 1.82) is 0 Å². The molecule has 0 rings (SSSR count). The molecule has 2 atom stereocenters. The lowest BCUT2D eigenvalue weighted by Gasteiger charge is -2.22. The van der Waals surface area contributed by atoms with Crippen LogP contribution in [0, 0.1) is 0 Å². The van der Waals surface area contributed by atoms with E-state index >= 15 is 0 Å². The highest BCUT2D eigenvalue weighted by Gasteiger charge is 2.15. The van der Waals surface area contributed by atoms with Crippen molar-refractivity contribution in [2.24, 2.45) is 4.99 Å². The van der Waals surface area contributed by atoms with Gasteiger partial charge in [0.05, 0.1) is 12.1 Å². The largest absolute Gasteiger partial charge is 0.386 e. The minimum absolute atomic E-state index is 0.0305. The topological polar surface area (TPSA) is 36.4 Å². The van der Waals surface area contributed by atoms with E-state index in [0.717, 1.165) is 18.7 Å². The quantitative estimate of drug-likeness (QED) is 0.227. The lowest BCUT2D eigenvalue weighted by Crippen LogP contribution is -2.37. The molecule has 0 saturated heterocycles. The zero-order chi connectivity index (χ0) is 15.9. The van der Waals surface area contributed by atoms with Crippen molar-refractivity contribution in [3.05, 3.63) is 72.2 Å². The zero-order valence-corrected chi connectivity index (χ0v) is 14.5. The third-order valence-electron chi connectivity index (χ3n) is 2.72. The number of aliphatic imine (C=N–C) groups is 1. The SMILES string of the molecule is C=C/C=C\C(=C\I)NCCC(N/C=C/C=C)C(C=C)N=C. The van der Waals surface area contributed by atoms with E-state index in [1.165, 1.54) is 0 Å². The highest BCUT2D eigenvalue weighted by molar-refractivity contribution is 14.1. The van der Waals surface area contributed by atoms with E-state index in [-0.39, 0.29) is 12.1 Å². The van der Waals surface area contributed by atoms with Crippen molar-refractivity contribution < 1.29 is 0 Å². The molecule has 0 amide bonds. The maximum atomic E-state index is 4.09. The Kier molecular flexibility index (Phi) is 12.4. The fourth-order valence-corrected chi connectivity index (χ4v) is 2.07. The predicted octanol–water partition coefficient (Wildman–Crippen LogP) is 3.90. The van der Waals surface area contributed by atoms with Crippen LogP contribution in [0.1, 0.15) is 6.42 Å². The number of hydrogen-bond acceptors (Lipinski definition) is 3. The van der Waals surface area contributed by atoms with Crippen LogP contribution < -0.4 is 10.6 Å². The van der Waals surface area contributed by atoms with E-state index < -0.39 is 0 Å². The monoisotopic (exact) mass is 397 g/mol. The van der Waals surface area contributed by atoms with E-state index in [2.05, 4.69) is 64.7 Å². The molecular formula is C17H24IN3. The van der Waals surface area contributed by atoms with Crippen LogP contribution in [0.25, 0.3) is 0 Å². The summed E-state index contributed by atoms with van der Waals surface area (Å²) in [4.78, 5) is 4.09. The summed E-state index contributed by atoms with van der Waals surface area (Å²) in [7, 11) is 0. The number of hydrogen-bond donors (Lipinski definition) is 2. The molecule has 0 aliphatic rings. The van der Waals surface area contributed by atoms with Gasteiger partial charge in [0.25, 0.3) is 0 Å². The smallest absolute Gasteiger partial charge is 0.0871 e. The number of nitrogens with one attached hydrogen (secondary N) is 2. The van der Waals surface area contributed by atoms with E-state index in [4.69, 9.17) is 0 Å². The molecule has 2 N–H and O–H groups in total. The maximum absolute atomic E-state index is 4.09. The molecule has 114 valence electrons. The summed E-state index contributed by atoms with van der Waals surface area (Å²) in [5.41, 5.74) is 1.05. The zero-order valence-electron chi connectivity index (χ0n) is 12.3. The van der Waals surface area contributed by atoms with Crippen LogP contribution in [0.3, 0.4) is 0 Å². The molecule has 0 heterocycles. The minimum atomic E-state index is -0.0305. The van der Waals surface area contributed by atoms with Crippen molar-refractivity contribution in [3.8, 4) is 0 Å². The lowest BCUT2D eigenvalue weighted by atomic mass is 10.1. The first-order chi connectivity index (χ1) is 10.2. The van der Waals surface area contributed by atoms with Crippen LogP contribution in [-0.2, 0) is 0 Å². The Morgan fingerprint density at radius 2 is 1.90 bits per heavy atom. The molecule has 0 aliphatic heterocycles. The van der Waals surface area contributed by atoms with Crippen LogP contribution in [0.4, 0.5) is 0 Å². The second kappa shape index (κ2) is 13.4. The van der Waals surface area contributed by atoms with Crippen molar-refractivity contribution in [2.45, 2.75) is 18.5 Å². The normalized spacial score (nSPS) is 14.6. The first-order valence-electron chi connectivity index (χ1n) is 6.68. The Morgan fingerprint density at radius 3 is 2.43 bits per heavy atom. The van der Waals surface area contributed by atoms with Gasteiger partial charge in [-0.1, -0.05) is 60.1 Å². The fourth-order valence-electron chi connectivity index (χ4n) is 1.64. The summed E-state index contributed by atoms with van der Waals surface area (Å²) < 4.78 is 1.99. The van der Waals surface area contributed by atoms with E-state index in [0.29, 0.717) is 0 Å². The minimum Gasteiger partial charge on any atom is -0.386 e. The third-order valence-corrected chi connectivity index (χ3v) is 3.39. The van der Waals surface area contributed by atoms with Gasteiger partial charge in [-0.05, 0) is 35.6 Å². The highest BCUT2D eigenvalue weighted by Crippen LogP contribution is 2.06. The van der Waals surface area contributed by atoms with Gasteiger partial charge in [0.1, 0.15) is 0 Å². The number of halogens is 1. The molecule has 0 spiro atoms. The van der Waals surface area contributed by atoms with E-state index in [1.807, 2.05) is 28.5 Å². The van der Waals surface area contributed by atoms with Gasteiger partial charge in [-0.3, -0.25) is 4.99 Å². The number of allylic oxidation sites excluding steroid dienone is 5. The number of rotatable bonds is 12. The first kappa shape index (κ1) is 19.4. The maximum Gasteiger partial charge on any atom is 0.0871 e. The molecule has 0 bridgehead atoms. The fraction of sp³-hybridized carbons (Fsp3) is 0.235. The second-order valence-electron chi connectivity index (χ2n) is 4.15. The lowest BCUT2D eigenvalue weighted by molar-refractivity contribution is 0.491. The molecule has 0 aromatic heterocycles. The Morgan fingerprint density at radius 1 is 1.19 bits per heavy atom. The van der Waals surface area contributed by atoms with Gasteiger partial charge < -0.3 is 10.6 Å². The van der Waals surface area contributed by atoms with Gasteiger partial charge >= 0.3 is 0 Å². The van der Waals surface area contributed by atoms with E-state index in [9.17, 15) is 0 Å². The van der Waals surface area contributed by atoms with Crippen LogP contribution in [-0.4, -0.2) is 25.3 Å². The Balaban J connectivity index is 4.52. The molecule has 2 unspecified atom stereocenters. The average Bonchev–Trinajstić information content (AvgIpc) is 2.51. The molecular weight excluding hydrogens is 373 g/mol. The van der Waals surface area contributed by atoms with Crippen LogP contribution >= 0.6 is 22.6 Å². The molecule has 21 heavy (non-hydrogen) atoms. The highest BCUT2D eigenvalue weighted by atomic mass is 127. The summed E-state index contributed by atoms with van der Waals surface area (Å²) in [5.74, 6) is 0. The van der Waals surface area contributed by atoms with Crippen molar-refractivity contribution in [3.63, 3.8) is 0 Å². The second-order valence-corrected chi connectivity index (χ2v) is 4.77. The summed E-state index contributed by atoms with van der Waals surface area (Å²) in [6.45, 7) is 15.6. The van der Waals surface area contributed by atoms with Crippen molar-refractivity contribution >= 4 is 29.3 Å².